The standard InChI is InChI=1S/C24H28FN3O5S/c1-4-20-24(30)27-19-10-15(3)22(12-21(19)33-20)34(31,32)28-9-5-6-16(13-28)23(29)26-17-8-7-14(2)18(25)11-17/h7-8,10-12,16,20H,4-6,9,13H2,1-3H3,(H,26,29)(H,27,30). The summed E-state index contributed by atoms with van der Waals surface area (Å²) in [5, 5.41) is 5.46. The van der Waals surface area contributed by atoms with Crippen LogP contribution in [0, 0.1) is 25.6 Å². The van der Waals surface area contributed by atoms with Crippen molar-refractivity contribution in [2.24, 2.45) is 5.92 Å². The SMILES string of the molecule is CCC1Oc2cc(S(=O)(=O)N3CCCC(C(=O)Nc4ccc(C)c(F)c4)C3)c(C)cc2NC1=O. The van der Waals surface area contributed by atoms with E-state index in [0.29, 0.717) is 47.5 Å². The van der Waals surface area contributed by atoms with Crippen LogP contribution in [0.25, 0.3) is 0 Å². The monoisotopic (exact) mass is 489 g/mol. The van der Waals surface area contributed by atoms with E-state index in [2.05, 4.69) is 10.6 Å². The molecule has 0 radical (unpaired) electrons. The predicted molar refractivity (Wildman–Crippen MR) is 126 cm³/mol. The Bertz CT molecular complexity index is 1250. The van der Waals surface area contributed by atoms with Crippen molar-refractivity contribution in [1.82, 2.24) is 4.31 Å². The summed E-state index contributed by atoms with van der Waals surface area (Å²) in [6.07, 6.45) is 0.826. The number of piperidine rings is 1. The topological polar surface area (TPSA) is 105 Å². The first-order valence-electron chi connectivity index (χ1n) is 11.3. The Morgan fingerprint density at radius 1 is 1.24 bits per heavy atom. The molecule has 34 heavy (non-hydrogen) atoms. The van der Waals surface area contributed by atoms with E-state index < -0.39 is 27.9 Å². The molecule has 2 aliphatic heterocycles. The van der Waals surface area contributed by atoms with E-state index in [0.717, 1.165) is 0 Å². The van der Waals surface area contributed by atoms with E-state index in [1.807, 2.05) is 6.92 Å². The van der Waals surface area contributed by atoms with E-state index in [4.69, 9.17) is 4.74 Å². The van der Waals surface area contributed by atoms with Crippen LogP contribution in [0.2, 0.25) is 0 Å². The second-order valence-corrected chi connectivity index (χ2v) is 10.7. The Kier molecular flexibility index (Phi) is 6.64. The maximum Gasteiger partial charge on any atom is 0.265 e. The molecule has 2 aromatic carbocycles. The minimum absolute atomic E-state index is 0.0220. The summed E-state index contributed by atoms with van der Waals surface area (Å²) in [4.78, 5) is 25.0. The van der Waals surface area contributed by atoms with Gasteiger partial charge in [0.1, 0.15) is 11.6 Å². The van der Waals surface area contributed by atoms with Crippen molar-refractivity contribution < 1.29 is 27.1 Å². The molecule has 2 atom stereocenters. The third kappa shape index (κ3) is 4.65. The van der Waals surface area contributed by atoms with E-state index in [9.17, 15) is 22.4 Å². The minimum atomic E-state index is -3.91. The molecule has 2 heterocycles. The molecule has 182 valence electrons. The minimum Gasteiger partial charge on any atom is -0.478 e. The van der Waals surface area contributed by atoms with Gasteiger partial charge in [-0.1, -0.05) is 13.0 Å². The highest BCUT2D eigenvalue weighted by atomic mass is 32.2. The summed E-state index contributed by atoms with van der Waals surface area (Å²) in [5.74, 6) is -1.28. The molecule has 2 unspecified atom stereocenters. The number of nitrogens with one attached hydrogen (secondary N) is 2. The Labute approximate surface area is 198 Å². The fourth-order valence-corrected chi connectivity index (χ4v) is 6.01. The Morgan fingerprint density at radius 3 is 2.71 bits per heavy atom. The van der Waals surface area contributed by atoms with Gasteiger partial charge in [0, 0.05) is 24.8 Å². The lowest BCUT2D eigenvalue weighted by Crippen LogP contribution is -2.44. The van der Waals surface area contributed by atoms with Gasteiger partial charge in [-0.2, -0.15) is 4.31 Å². The van der Waals surface area contributed by atoms with Crippen molar-refractivity contribution in [1.29, 1.82) is 0 Å². The van der Waals surface area contributed by atoms with Crippen LogP contribution in [0.1, 0.15) is 37.3 Å². The van der Waals surface area contributed by atoms with E-state index >= 15 is 0 Å². The van der Waals surface area contributed by atoms with Crippen molar-refractivity contribution in [3.63, 3.8) is 0 Å². The van der Waals surface area contributed by atoms with Gasteiger partial charge in [0.15, 0.2) is 6.10 Å². The maximum atomic E-state index is 13.8. The first-order chi connectivity index (χ1) is 16.1. The first-order valence-corrected chi connectivity index (χ1v) is 12.7. The summed E-state index contributed by atoms with van der Waals surface area (Å²) >= 11 is 0. The van der Waals surface area contributed by atoms with Gasteiger partial charge in [-0.25, -0.2) is 12.8 Å². The smallest absolute Gasteiger partial charge is 0.265 e. The quantitative estimate of drug-likeness (QED) is 0.668. The highest BCUT2D eigenvalue weighted by Crippen LogP contribution is 2.36. The molecule has 0 spiro atoms. The third-order valence-electron chi connectivity index (χ3n) is 6.28. The normalized spacial score (nSPS) is 20.8. The van der Waals surface area contributed by atoms with Crippen LogP contribution >= 0.6 is 0 Å². The summed E-state index contributed by atoms with van der Waals surface area (Å²) in [5.41, 5.74) is 1.72. The molecule has 4 rings (SSSR count). The Morgan fingerprint density at radius 2 is 2.00 bits per heavy atom. The van der Waals surface area contributed by atoms with Crippen LogP contribution in [0.5, 0.6) is 5.75 Å². The van der Waals surface area contributed by atoms with Gasteiger partial charge in [-0.15, -0.1) is 0 Å². The molecule has 2 aromatic rings. The number of carbonyl (C=O) groups is 2. The molecule has 2 amide bonds. The lowest BCUT2D eigenvalue weighted by molar-refractivity contribution is -0.123. The summed E-state index contributed by atoms with van der Waals surface area (Å²) in [6.45, 7) is 5.41. The van der Waals surface area contributed by atoms with Crippen LogP contribution in [-0.4, -0.2) is 43.7 Å². The average molecular weight is 490 g/mol. The molecule has 1 fully saturated rings. The van der Waals surface area contributed by atoms with Gasteiger partial charge in [0.2, 0.25) is 15.9 Å². The van der Waals surface area contributed by atoms with E-state index in [1.54, 1.807) is 32.0 Å². The summed E-state index contributed by atoms with van der Waals surface area (Å²) in [7, 11) is -3.91. The number of hydrogen-bond acceptors (Lipinski definition) is 5. The summed E-state index contributed by atoms with van der Waals surface area (Å²) in [6, 6.07) is 7.48. The molecule has 10 heteroatoms. The third-order valence-corrected chi connectivity index (χ3v) is 8.29. The second-order valence-electron chi connectivity index (χ2n) is 8.77. The largest absolute Gasteiger partial charge is 0.478 e. The highest BCUT2D eigenvalue weighted by molar-refractivity contribution is 7.89. The van der Waals surface area contributed by atoms with Gasteiger partial charge in [-0.3, -0.25) is 9.59 Å². The number of nitrogens with zero attached hydrogens (tertiary/aromatic N) is 1. The number of sulfonamides is 1. The molecule has 2 aliphatic rings. The number of anilines is 2. The fraction of sp³-hybridized carbons (Fsp3) is 0.417. The maximum absolute atomic E-state index is 13.8. The fourth-order valence-electron chi connectivity index (χ4n) is 4.26. The molecular formula is C24H28FN3O5S. The zero-order chi connectivity index (χ0) is 24.6. The number of aryl methyl sites for hydroxylation is 2. The number of carbonyl (C=O) groups excluding carboxylic acids is 2. The lowest BCUT2D eigenvalue weighted by atomic mass is 9.98. The zero-order valence-electron chi connectivity index (χ0n) is 19.4. The van der Waals surface area contributed by atoms with Crippen LogP contribution in [0.15, 0.2) is 35.2 Å². The molecule has 2 N–H and O–H groups in total. The van der Waals surface area contributed by atoms with Crippen LogP contribution in [-0.2, 0) is 19.6 Å². The van der Waals surface area contributed by atoms with E-state index in [-0.39, 0.29) is 29.8 Å². The number of halogens is 1. The zero-order valence-corrected chi connectivity index (χ0v) is 20.2. The van der Waals surface area contributed by atoms with Crippen LogP contribution < -0.4 is 15.4 Å². The first kappa shape index (κ1) is 24.2. The molecule has 0 aromatic heterocycles. The van der Waals surface area contributed by atoms with Gasteiger partial charge >= 0.3 is 0 Å². The lowest BCUT2D eigenvalue weighted by Gasteiger charge is -2.32. The molecule has 0 bridgehead atoms. The number of hydrogen-bond donors (Lipinski definition) is 2. The van der Waals surface area contributed by atoms with Crippen molar-refractivity contribution in [2.75, 3.05) is 23.7 Å². The number of amides is 2. The predicted octanol–water partition coefficient (Wildman–Crippen LogP) is 3.59. The number of ether oxygens (including phenoxy) is 1. The van der Waals surface area contributed by atoms with Crippen molar-refractivity contribution in [3.05, 3.63) is 47.3 Å². The number of fused-ring (bicyclic) bond motifs is 1. The molecular weight excluding hydrogens is 461 g/mol. The molecule has 0 aliphatic carbocycles. The van der Waals surface area contributed by atoms with Crippen molar-refractivity contribution in [2.45, 2.75) is 51.0 Å². The van der Waals surface area contributed by atoms with Crippen molar-refractivity contribution >= 4 is 33.2 Å². The number of benzene rings is 2. The Balaban J connectivity index is 1.54. The van der Waals surface area contributed by atoms with Gasteiger partial charge in [0.05, 0.1) is 16.5 Å². The van der Waals surface area contributed by atoms with Gasteiger partial charge in [0.25, 0.3) is 5.91 Å². The van der Waals surface area contributed by atoms with E-state index in [1.165, 1.54) is 16.4 Å². The molecule has 0 saturated carbocycles. The van der Waals surface area contributed by atoms with Crippen LogP contribution in [0.4, 0.5) is 15.8 Å². The molecule has 1 saturated heterocycles. The van der Waals surface area contributed by atoms with Crippen LogP contribution in [0.3, 0.4) is 0 Å². The summed E-state index contributed by atoms with van der Waals surface area (Å²) < 4.78 is 47.9. The Hall–Kier alpha value is -2.98. The van der Waals surface area contributed by atoms with Gasteiger partial charge in [-0.05, 0) is 62.4 Å². The number of rotatable bonds is 5. The van der Waals surface area contributed by atoms with Gasteiger partial charge < -0.3 is 15.4 Å². The molecule has 8 nitrogen and oxygen atoms in total. The average Bonchev–Trinajstić information content (AvgIpc) is 2.80. The van der Waals surface area contributed by atoms with Crippen molar-refractivity contribution in [3.8, 4) is 5.75 Å². The highest BCUT2D eigenvalue weighted by Gasteiger charge is 2.36. The second kappa shape index (κ2) is 9.34.